The van der Waals surface area contributed by atoms with Crippen LogP contribution in [0.3, 0.4) is 0 Å². The highest BCUT2D eigenvalue weighted by Gasteiger charge is 2.32. The van der Waals surface area contributed by atoms with E-state index in [2.05, 4.69) is 15.1 Å². The Morgan fingerprint density at radius 2 is 2.00 bits per heavy atom. The Labute approximate surface area is 147 Å². The van der Waals surface area contributed by atoms with Crippen LogP contribution < -0.4 is 0 Å². The average molecular weight is 370 g/mol. The van der Waals surface area contributed by atoms with E-state index in [1.165, 1.54) is 11.3 Å². The maximum atomic E-state index is 12.6. The number of piperidine rings is 1. The fourth-order valence-corrected chi connectivity index (χ4v) is 5.66. The molecule has 24 heavy (non-hydrogen) atoms. The van der Waals surface area contributed by atoms with Crippen LogP contribution in [0, 0.1) is 0 Å². The monoisotopic (exact) mass is 369 g/mol. The minimum absolute atomic E-state index is 0.258. The molecule has 1 aliphatic rings. The van der Waals surface area contributed by atoms with E-state index in [1.807, 2.05) is 25.7 Å². The first kappa shape index (κ1) is 17.5. The fraction of sp³-hybridized carbons (Fsp3) is 0.600. The van der Waals surface area contributed by atoms with Crippen LogP contribution >= 0.6 is 11.3 Å². The summed E-state index contributed by atoms with van der Waals surface area (Å²) in [6.07, 6.45) is 1.55. The van der Waals surface area contributed by atoms with Crippen molar-refractivity contribution in [1.82, 2.24) is 24.0 Å². The van der Waals surface area contributed by atoms with Gasteiger partial charge in [-0.3, -0.25) is 0 Å². The summed E-state index contributed by atoms with van der Waals surface area (Å²) in [4.78, 5) is 2.06. The lowest BCUT2D eigenvalue weighted by molar-refractivity contribution is 0.310. The molecule has 0 unspecified atom stereocenters. The molecule has 3 rings (SSSR count). The quantitative estimate of drug-likeness (QED) is 0.799. The third-order valence-electron chi connectivity index (χ3n) is 4.36. The minimum Gasteiger partial charge on any atom is -0.317 e. The molecule has 2 aromatic heterocycles. The van der Waals surface area contributed by atoms with Gasteiger partial charge in [0.2, 0.25) is 0 Å². The second-order valence-corrected chi connectivity index (χ2v) is 9.49. The maximum absolute atomic E-state index is 12.6. The van der Waals surface area contributed by atoms with E-state index in [-0.39, 0.29) is 5.92 Å². The van der Waals surface area contributed by atoms with Crippen LogP contribution in [0.15, 0.2) is 21.7 Å². The van der Waals surface area contributed by atoms with Crippen molar-refractivity contribution in [2.75, 3.05) is 27.2 Å². The molecular weight excluding hydrogens is 346 g/mol. The van der Waals surface area contributed by atoms with Crippen LogP contribution in [0.1, 0.15) is 30.4 Å². The van der Waals surface area contributed by atoms with Crippen LogP contribution in [-0.4, -0.2) is 59.6 Å². The molecule has 0 aromatic carbocycles. The lowest BCUT2D eigenvalue weighted by atomic mass is 9.97. The number of rotatable bonds is 5. The number of thiophene rings is 1. The second-order valence-electron chi connectivity index (χ2n) is 6.38. The van der Waals surface area contributed by atoms with Crippen molar-refractivity contribution in [3.8, 4) is 0 Å². The molecule has 0 N–H and O–H groups in total. The first-order valence-electron chi connectivity index (χ1n) is 7.96. The van der Waals surface area contributed by atoms with Crippen LogP contribution in [0.25, 0.3) is 0 Å². The summed E-state index contributed by atoms with van der Waals surface area (Å²) in [5, 5.41) is 10.4. The van der Waals surface area contributed by atoms with Gasteiger partial charge >= 0.3 is 0 Å². The zero-order valence-electron chi connectivity index (χ0n) is 14.2. The van der Waals surface area contributed by atoms with Gasteiger partial charge in [-0.15, -0.1) is 21.5 Å². The second kappa shape index (κ2) is 6.91. The molecule has 132 valence electrons. The van der Waals surface area contributed by atoms with Gasteiger partial charge in [0.05, 0.1) is 6.54 Å². The van der Waals surface area contributed by atoms with Crippen molar-refractivity contribution >= 4 is 21.4 Å². The molecule has 0 saturated carbocycles. The minimum atomic E-state index is -3.34. The number of hydrogen-bond acceptors (Lipinski definition) is 6. The zero-order chi connectivity index (χ0) is 17.3. The predicted molar refractivity (Wildman–Crippen MR) is 93.4 cm³/mol. The molecular formula is C15H23N5O2S2. The summed E-state index contributed by atoms with van der Waals surface area (Å²) >= 11 is 1.27. The number of sulfonamides is 1. The highest BCUT2D eigenvalue weighted by molar-refractivity contribution is 7.91. The molecule has 7 nitrogen and oxygen atoms in total. The van der Waals surface area contributed by atoms with Gasteiger partial charge in [0, 0.05) is 26.1 Å². The summed E-state index contributed by atoms with van der Waals surface area (Å²) in [6, 6.07) is 3.44. The van der Waals surface area contributed by atoms with Crippen LogP contribution in [0.5, 0.6) is 0 Å². The van der Waals surface area contributed by atoms with E-state index >= 15 is 0 Å². The number of hydrogen-bond donors (Lipinski definition) is 0. The lowest BCUT2D eigenvalue weighted by Gasteiger charge is -2.30. The molecule has 3 heterocycles. The summed E-state index contributed by atoms with van der Waals surface area (Å²) in [6.45, 7) is 1.80. The molecule has 0 amide bonds. The molecule has 1 fully saturated rings. The Balaban J connectivity index is 1.69. The standard InChI is InChI=1S/C15H23N5O2S2/c1-18(2)11-13-16-17-15(19(13)3)12-6-8-20(9-7-12)24(21,22)14-5-4-10-23-14/h4-5,10,12H,6-9,11H2,1-3H3. The third-order valence-corrected chi connectivity index (χ3v) is 7.64. The maximum Gasteiger partial charge on any atom is 0.252 e. The summed E-state index contributed by atoms with van der Waals surface area (Å²) in [5.41, 5.74) is 0. The largest absolute Gasteiger partial charge is 0.317 e. The normalized spacial score (nSPS) is 17.7. The van der Waals surface area contributed by atoms with Crippen LogP contribution in [0.2, 0.25) is 0 Å². The van der Waals surface area contributed by atoms with Gasteiger partial charge in [-0.25, -0.2) is 8.42 Å². The smallest absolute Gasteiger partial charge is 0.252 e. The Bertz CT molecular complexity index is 775. The SMILES string of the molecule is CN(C)Cc1nnc(C2CCN(S(=O)(=O)c3cccs3)CC2)n1C. The van der Waals surface area contributed by atoms with Gasteiger partial charge in [0.25, 0.3) is 10.0 Å². The fourth-order valence-electron chi connectivity index (χ4n) is 3.04. The summed E-state index contributed by atoms with van der Waals surface area (Å²) in [7, 11) is 2.65. The van der Waals surface area contributed by atoms with Crippen LogP contribution in [0.4, 0.5) is 0 Å². The number of nitrogens with zero attached hydrogens (tertiary/aromatic N) is 5. The van der Waals surface area contributed by atoms with E-state index in [4.69, 9.17) is 0 Å². The van der Waals surface area contributed by atoms with Gasteiger partial charge in [-0.05, 0) is 38.4 Å². The van der Waals surface area contributed by atoms with E-state index in [9.17, 15) is 8.42 Å². The Morgan fingerprint density at radius 1 is 1.29 bits per heavy atom. The van der Waals surface area contributed by atoms with Crippen molar-refractivity contribution in [3.05, 3.63) is 29.2 Å². The van der Waals surface area contributed by atoms with Crippen molar-refractivity contribution < 1.29 is 8.42 Å². The average Bonchev–Trinajstić information content (AvgIpc) is 3.19. The van der Waals surface area contributed by atoms with Gasteiger partial charge in [0.15, 0.2) is 0 Å². The summed E-state index contributed by atoms with van der Waals surface area (Å²) < 4.78 is 29.2. The van der Waals surface area contributed by atoms with Crippen molar-refractivity contribution in [1.29, 1.82) is 0 Å². The molecule has 0 bridgehead atoms. The van der Waals surface area contributed by atoms with Gasteiger partial charge in [-0.1, -0.05) is 6.07 Å². The van der Waals surface area contributed by atoms with Crippen molar-refractivity contribution in [3.63, 3.8) is 0 Å². The molecule has 0 radical (unpaired) electrons. The van der Waals surface area contributed by atoms with E-state index < -0.39 is 10.0 Å². The first-order valence-corrected chi connectivity index (χ1v) is 10.3. The molecule has 2 aromatic rings. The van der Waals surface area contributed by atoms with Gasteiger partial charge in [0.1, 0.15) is 15.9 Å². The highest BCUT2D eigenvalue weighted by Crippen LogP contribution is 2.31. The Hall–Kier alpha value is -1.29. The zero-order valence-corrected chi connectivity index (χ0v) is 15.8. The Morgan fingerprint density at radius 3 is 2.58 bits per heavy atom. The molecule has 1 aliphatic heterocycles. The van der Waals surface area contributed by atoms with Crippen molar-refractivity contribution in [2.45, 2.75) is 29.5 Å². The van der Waals surface area contributed by atoms with Crippen molar-refractivity contribution in [2.24, 2.45) is 7.05 Å². The molecule has 1 saturated heterocycles. The lowest BCUT2D eigenvalue weighted by Crippen LogP contribution is -2.38. The molecule has 0 atom stereocenters. The molecule has 0 spiro atoms. The van der Waals surface area contributed by atoms with E-state index in [0.717, 1.165) is 31.0 Å². The van der Waals surface area contributed by atoms with E-state index in [0.29, 0.717) is 17.3 Å². The molecule has 0 aliphatic carbocycles. The van der Waals surface area contributed by atoms with Gasteiger partial charge < -0.3 is 9.47 Å². The van der Waals surface area contributed by atoms with Gasteiger partial charge in [-0.2, -0.15) is 4.31 Å². The topological polar surface area (TPSA) is 71.3 Å². The highest BCUT2D eigenvalue weighted by atomic mass is 32.2. The van der Waals surface area contributed by atoms with Crippen LogP contribution in [-0.2, 0) is 23.6 Å². The number of aromatic nitrogens is 3. The Kier molecular flexibility index (Phi) is 5.05. The molecule has 9 heteroatoms. The third kappa shape index (κ3) is 3.39. The predicted octanol–water partition coefficient (Wildman–Crippen LogP) is 1.51. The first-order chi connectivity index (χ1) is 11.4. The van der Waals surface area contributed by atoms with E-state index in [1.54, 1.807) is 21.8 Å². The summed E-state index contributed by atoms with van der Waals surface area (Å²) in [5.74, 6) is 2.15.